The lowest BCUT2D eigenvalue weighted by Gasteiger charge is -2.24. The minimum Gasteiger partial charge on any atom is -0.377 e. The summed E-state index contributed by atoms with van der Waals surface area (Å²) >= 11 is 0. The number of rotatable bonds is 8. The summed E-state index contributed by atoms with van der Waals surface area (Å²) in [5.41, 5.74) is 2.56. The molecule has 0 spiro atoms. The van der Waals surface area contributed by atoms with E-state index in [4.69, 9.17) is 4.74 Å². The number of hydrogen-bond donors (Lipinski definition) is 0. The summed E-state index contributed by atoms with van der Waals surface area (Å²) in [6.07, 6.45) is 14.3. The van der Waals surface area contributed by atoms with Crippen molar-refractivity contribution in [3.63, 3.8) is 0 Å². The average Bonchev–Trinajstić information content (AvgIpc) is 2.58. The first kappa shape index (κ1) is 17.0. The molecule has 0 saturated heterocycles. The van der Waals surface area contributed by atoms with Gasteiger partial charge >= 0.3 is 0 Å². The van der Waals surface area contributed by atoms with Gasteiger partial charge in [-0.3, -0.25) is 0 Å². The number of ether oxygens (including phenoxy) is 1. The molecule has 1 heteroatoms. The van der Waals surface area contributed by atoms with E-state index >= 15 is 0 Å². The first-order valence-corrected chi connectivity index (χ1v) is 8.79. The van der Waals surface area contributed by atoms with E-state index in [1.807, 2.05) is 0 Å². The molecule has 1 aliphatic carbocycles. The van der Waals surface area contributed by atoms with Gasteiger partial charge in [-0.1, -0.05) is 55.8 Å². The second-order valence-corrected chi connectivity index (χ2v) is 6.42. The Balaban J connectivity index is 1.76. The summed E-state index contributed by atoms with van der Waals surface area (Å²) < 4.78 is 5.65. The predicted molar refractivity (Wildman–Crippen MR) is 95.7 cm³/mol. The Kier molecular flexibility index (Phi) is 7.45. The fourth-order valence-electron chi connectivity index (χ4n) is 2.98. The molecule has 22 heavy (non-hydrogen) atoms. The van der Waals surface area contributed by atoms with Crippen molar-refractivity contribution in [1.82, 2.24) is 0 Å². The summed E-state index contributed by atoms with van der Waals surface area (Å²) in [7, 11) is 0. The van der Waals surface area contributed by atoms with Crippen LogP contribution in [0.3, 0.4) is 0 Å². The van der Waals surface area contributed by atoms with Crippen LogP contribution in [0.1, 0.15) is 56.6 Å². The van der Waals surface area contributed by atoms with E-state index in [1.54, 1.807) is 0 Å². The Morgan fingerprint density at radius 3 is 2.41 bits per heavy atom. The molecule has 1 fully saturated rings. The molecule has 120 valence electrons. The van der Waals surface area contributed by atoms with E-state index < -0.39 is 0 Å². The van der Waals surface area contributed by atoms with Gasteiger partial charge in [0.1, 0.15) is 0 Å². The van der Waals surface area contributed by atoms with Crippen molar-refractivity contribution in [2.75, 3.05) is 6.61 Å². The van der Waals surface area contributed by atoms with Crippen LogP contribution in [-0.4, -0.2) is 6.61 Å². The van der Waals surface area contributed by atoms with E-state index in [2.05, 4.69) is 56.0 Å². The van der Waals surface area contributed by atoms with Gasteiger partial charge in [-0.25, -0.2) is 0 Å². The van der Waals surface area contributed by atoms with Crippen molar-refractivity contribution in [2.45, 2.75) is 52.1 Å². The third-order valence-corrected chi connectivity index (χ3v) is 4.60. The van der Waals surface area contributed by atoms with E-state index in [0.717, 1.165) is 31.5 Å². The zero-order valence-corrected chi connectivity index (χ0v) is 14.0. The lowest BCUT2D eigenvalue weighted by atomic mass is 9.82. The molecule has 1 nitrogen and oxygen atoms in total. The van der Waals surface area contributed by atoms with Gasteiger partial charge in [-0.05, 0) is 55.1 Å². The van der Waals surface area contributed by atoms with Gasteiger partial charge in [0.05, 0.1) is 6.61 Å². The first-order chi connectivity index (χ1) is 10.8. The molecule has 2 rings (SSSR count). The maximum atomic E-state index is 5.65. The van der Waals surface area contributed by atoms with E-state index in [0.29, 0.717) is 0 Å². The second-order valence-electron chi connectivity index (χ2n) is 6.42. The summed E-state index contributed by atoms with van der Waals surface area (Å²) in [4.78, 5) is 0. The molecule has 0 aromatic heterocycles. The first-order valence-electron chi connectivity index (χ1n) is 8.79. The number of allylic oxidation sites excluding steroid dienone is 2. The summed E-state index contributed by atoms with van der Waals surface area (Å²) in [5, 5.41) is 0. The van der Waals surface area contributed by atoms with Crippen LogP contribution >= 0.6 is 0 Å². The maximum Gasteiger partial charge on any atom is 0.0716 e. The van der Waals surface area contributed by atoms with Crippen molar-refractivity contribution in [1.29, 1.82) is 0 Å². The summed E-state index contributed by atoms with van der Waals surface area (Å²) in [5.74, 6) is 1.49. The summed E-state index contributed by atoms with van der Waals surface area (Å²) in [6.45, 7) is 7.70. The lowest BCUT2D eigenvalue weighted by Crippen LogP contribution is -2.10. The van der Waals surface area contributed by atoms with Gasteiger partial charge in [-0.2, -0.15) is 0 Å². The predicted octanol–water partition coefficient (Wildman–Crippen LogP) is 6.01. The SMILES string of the molecule is C=C[C@H]1CC[C@H](/C=C/c2ccc(COCCCC)cc2)CC1. The number of benzene rings is 1. The molecule has 0 amide bonds. The van der Waals surface area contributed by atoms with Crippen molar-refractivity contribution >= 4 is 6.08 Å². The highest BCUT2D eigenvalue weighted by molar-refractivity contribution is 5.50. The Hall–Kier alpha value is -1.34. The van der Waals surface area contributed by atoms with Gasteiger partial charge in [0.25, 0.3) is 0 Å². The molecule has 0 heterocycles. The zero-order valence-electron chi connectivity index (χ0n) is 14.0. The standard InChI is InChI=1S/C21H30O/c1-3-5-16-22-17-21-14-12-20(13-15-21)11-10-19-8-6-18(4-2)7-9-19/h4,10-15,18-19H,2-3,5-9,16-17H2,1H3/b11-10+/t18-,19-. The minimum atomic E-state index is 0.732. The van der Waals surface area contributed by atoms with Crippen molar-refractivity contribution in [2.24, 2.45) is 11.8 Å². The van der Waals surface area contributed by atoms with Crippen LogP contribution in [0.2, 0.25) is 0 Å². The van der Waals surface area contributed by atoms with Crippen molar-refractivity contribution in [3.05, 3.63) is 54.1 Å². The van der Waals surface area contributed by atoms with Gasteiger partial charge in [-0.15, -0.1) is 6.58 Å². The van der Waals surface area contributed by atoms with Crippen LogP contribution in [-0.2, 0) is 11.3 Å². The topological polar surface area (TPSA) is 9.23 Å². The smallest absolute Gasteiger partial charge is 0.0716 e. The van der Waals surface area contributed by atoms with Gasteiger partial charge in [0.2, 0.25) is 0 Å². The highest BCUT2D eigenvalue weighted by atomic mass is 16.5. The molecule has 1 aliphatic rings. The molecular formula is C21H30O. The van der Waals surface area contributed by atoms with Gasteiger partial charge in [0.15, 0.2) is 0 Å². The lowest BCUT2D eigenvalue weighted by molar-refractivity contribution is 0.118. The largest absolute Gasteiger partial charge is 0.377 e. The third kappa shape index (κ3) is 5.81. The third-order valence-electron chi connectivity index (χ3n) is 4.60. The molecule has 1 aromatic rings. The fourth-order valence-corrected chi connectivity index (χ4v) is 2.98. The minimum absolute atomic E-state index is 0.732. The maximum absolute atomic E-state index is 5.65. The molecule has 0 bridgehead atoms. The Bertz CT molecular complexity index is 449. The Morgan fingerprint density at radius 1 is 1.09 bits per heavy atom. The quantitative estimate of drug-likeness (QED) is 0.422. The zero-order chi connectivity index (χ0) is 15.6. The Morgan fingerprint density at radius 2 is 1.77 bits per heavy atom. The molecule has 0 aliphatic heterocycles. The van der Waals surface area contributed by atoms with Crippen LogP contribution in [0.25, 0.3) is 6.08 Å². The monoisotopic (exact) mass is 298 g/mol. The van der Waals surface area contributed by atoms with E-state index in [9.17, 15) is 0 Å². The van der Waals surface area contributed by atoms with Crippen LogP contribution in [0.15, 0.2) is 43.0 Å². The highest BCUT2D eigenvalue weighted by Gasteiger charge is 2.16. The molecule has 0 unspecified atom stereocenters. The Labute approximate surface area is 136 Å². The molecule has 1 saturated carbocycles. The summed E-state index contributed by atoms with van der Waals surface area (Å²) in [6, 6.07) is 8.76. The van der Waals surface area contributed by atoms with Crippen LogP contribution < -0.4 is 0 Å². The molecule has 0 radical (unpaired) electrons. The molecule has 1 aromatic carbocycles. The average molecular weight is 298 g/mol. The van der Waals surface area contributed by atoms with Crippen LogP contribution in [0.5, 0.6) is 0 Å². The molecule has 0 atom stereocenters. The van der Waals surface area contributed by atoms with Crippen LogP contribution in [0, 0.1) is 11.8 Å². The van der Waals surface area contributed by atoms with Crippen molar-refractivity contribution in [3.8, 4) is 0 Å². The van der Waals surface area contributed by atoms with E-state index in [1.165, 1.54) is 43.2 Å². The van der Waals surface area contributed by atoms with E-state index in [-0.39, 0.29) is 0 Å². The van der Waals surface area contributed by atoms with Crippen molar-refractivity contribution < 1.29 is 4.74 Å². The molecular weight excluding hydrogens is 268 g/mol. The normalized spacial score (nSPS) is 22.0. The van der Waals surface area contributed by atoms with Crippen LogP contribution in [0.4, 0.5) is 0 Å². The number of unbranched alkanes of at least 4 members (excludes halogenated alkanes) is 1. The highest BCUT2D eigenvalue weighted by Crippen LogP contribution is 2.30. The molecule has 0 N–H and O–H groups in total. The fraction of sp³-hybridized carbons (Fsp3) is 0.524. The second kappa shape index (κ2) is 9.63. The van der Waals surface area contributed by atoms with Gasteiger partial charge in [0, 0.05) is 6.61 Å². The number of hydrogen-bond acceptors (Lipinski definition) is 1. The van der Waals surface area contributed by atoms with Gasteiger partial charge < -0.3 is 4.74 Å².